The van der Waals surface area contributed by atoms with Crippen molar-refractivity contribution in [2.24, 2.45) is 0 Å². The van der Waals surface area contributed by atoms with E-state index in [4.69, 9.17) is 15.2 Å². The van der Waals surface area contributed by atoms with Crippen LogP contribution in [0.1, 0.15) is 31.7 Å². The van der Waals surface area contributed by atoms with Crippen LogP contribution in [0.3, 0.4) is 0 Å². The van der Waals surface area contributed by atoms with Gasteiger partial charge in [0.05, 0.1) is 14.2 Å². The lowest BCUT2D eigenvalue weighted by Crippen LogP contribution is -2.36. The summed E-state index contributed by atoms with van der Waals surface area (Å²) >= 11 is 0. The van der Waals surface area contributed by atoms with Crippen molar-refractivity contribution >= 4 is 5.69 Å². The van der Waals surface area contributed by atoms with Gasteiger partial charge in [-0.15, -0.1) is 0 Å². The molecule has 4 nitrogen and oxygen atoms in total. The van der Waals surface area contributed by atoms with Crippen LogP contribution in [0.2, 0.25) is 0 Å². The predicted octanol–water partition coefficient (Wildman–Crippen LogP) is 2.66. The summed E-state index contributed by atoms with van der Waals surface area (Å²) in [4.78, 5) is 2.49. The highest BCUT2D eigenvalue weighted by molar-refractivity contribution is 5.57. The smallest absolute Gasteiger partial charge is 0.162 e. The maximum absolute atomic E-state index is 6.12. The Balaban J connectivity index is 2.19. The molecule has 0 aliphatic carbocycles. The van der Waals surface area contributed by atoms with Gasteiger partial charge in [-0.3, -0.25) is 4.90 Å². The summed E-state index contributed by atoms with van der Waals surface area (Å²) in [7, 11) is 3.28. The molecule has 0 radical (unpaired) electrons. The van der Waals surface area contributed by atoms with Crippen molar-refractivity contribution in [1.29, 1.82) is 0 Å². The molecule has 0 spiro atoms. The van der Waals surface area contributed by atoms with Crippen LogP contribution in [0.4, 0.5) is 5.69 Å². The second-order valence-corrected chi connectivity index (χ2v) is 5.22. The molecule has 1 unspecified atom stereocenters. The molecule has 19 heavy (non-hydrogen) atoms. The summed E-state index contributed by atoms with van der Waals surface area (Å²) in [6.45, 7) is 4.32. The number of anilines is 1. The van der Waals surface area contributed by atoms with Crippen molar-refractivity contribution in [3.8, 4) is 11.5 Å². The van der Waals surface area contributed by atoms with E-state index in [9.17, 15) is 0 Å². The third-order valence-corrected chi connectivity index (χ3v) is 3.96. The van der Waals surface area contributed by atoms with Gasteiger partial charge >= 0.3 is 0 Å². The molecule has 1 fully saturated rings. The first-order chi connectivity index (χ1) is 9.15. The van der Waals surface area contributed by atoms with Gasteiger partial charge in [-0.2, -0.15) is 0 Å². The summed E-state index contributed by atoms with van der Waals surface area (Å²) < 4.78 is 10.6. The number of nitrogen functional groups attached to an aromatic ring is 1. The molecule has 0 bridgehead atoms. The number of hydrogen-bond acceptors (Lipinski definition) is 4. The molecule has 0 saturated carbocycles. The van der Waals surface area contributed by atoms with Gasteiger partial charge in [0.25, 0.3) is 0 Å². The molecule has 1 aliphatic rings. The molecule has 0 amide bonds. The highest BCUT2D eigenvalue weighted by Crippen LogP contribution is 2.33. The molecular weight excluding hydrogens is 240 g/mol. The molecule has 0 aromatic heterocycles. The van der Waals surface area contributed by atoms with E-state index in [1.807, 2.05) is 12.1 Å². The number of nitrogens with two attached hydrogens (primary N) is 1. The summed E-state index contributed by atoms with van der Waals surface area (Å²) in [6, 6.07) is 4.47. The van der Waals surface area contributed by atoms with E-state index >= 15 is 0 Å². The van der Waals surface area contributed by atoms with Crippen LogP contribution >= 0.6 is 0 Å². The van der Waals surface area contributed by atoms with Gasteiger partial charge < -0.3 is 15.2 Å². The lowest BCUT2D eigenvalue weighted by atomic mass is 10.0. The normalized spacial score (nSPS) is 20.3. The summed E-state index contributed by atoms with van der Waals surface area (Å²) in [6.07, 6.45) is 3.88. The molecule has 1 heterocycles. The topological polar surface area (TPSA) is 47.7 Å². The molecule has 1 aromatic rings. The van der Waals surface area contributed by atoms with Crippen LogP contribution in [0.25, 0.3) is 0 Å². The van der Waals surface area contributed by atoms with E-state index in [0.717, 1.165) is 30.1 Å². The maximum Gasteiger partial charge on any atom is 0.162 e. The zero-order valence-corrected chi connectivity index (χ0v) is 12.1. The standard InChI is InChI=1S/C15H24N2O2/c1-11-6-4-5-7-17(11)10-12-8-14(18-2)15(19-3)9-13(12)16/h8-9,11H,4-7,10,16H2,1-3H3. The Kier molecular flexibility index (Phi) is 4.53. The van der Waals surface area contributed by atoms with E-state index in [1.54, 1.807) is 14.2 Å². The maximum atomic E-state index is 6.12. The fourth-order valence-corrected chi connectivity index (χ4v) is 2.69. The highest BCUT2D eigenvalue weighted by Gasteiger charge is 2.20. The van der Waals surface area contributed by atoms with Crippen LogP contribution in [0.5, 0.6) is 11.5 Å². The van der Waals surface area contributed by atoms with Crippen molar-refractivity contribution in [1.82, 2.24) is 4.90 Å². The minimum Gasteiger partial charge on any atom is -0.493 e. The Labute approximate surface area is 115 Å². The first kappa shape index (κ1) is 14.0. The van der Waals surface area contributed by atoms with E-state index in [0.29, 0.717) is 11.8 Å². The lowest BCUT2D eigenvalue weighted by molar-refractivity contribution is 0.153. The van der Waals surface area contributed by atoms with Crippen LogP contribution in [0.15, 0.2) is 12.1 Å². The lowest BCUT2D eigenvalue weighted by Gasteiger charge is -2.33. The first-order valence-electron chi connectivity index (χ1n) is 6.90. The van der Waals surface area contributed by atoms with Gasteiger partial charge in [-0.25, -0.2) is 0 Å². The Morgan fingerprint density at radius 3 is 2.53 bits per heavy atom. The van der Waals surface area contributed by atoms with Crippen LogP contribution in [0, 0.1) is 0 Å². The summed E-state index contributed by atoms with van der Waals surface area (Å²) in [5, 5.41) is 0. The summed E-state index contributed by atoms with van der Waals surface area (Å²) in [5.41, 5.74) is 8.01. The Morgan fingerprint density at radius 1 is 1.21 bits per heavy atom. The van der Waals surface area contributed by atoms with Gasteiger partial charge in [0.15, 0.2) is 11.5 Å². The molecule has 1 saturated heterocycles. The van der Waals surface area contributed by atoms with Crippen LogP contribution in [-0.2, 0) is 6.54 Å². The van der Waals surface area contributed by atoms with Gasteiger partial charge in [-0.05, 0) is 37.9 Å². The molecule has 1 aromatic carbocycles. The SMILES string of the molecule is COc1cc(N)c(CN2CCCCC2C)cc1OC. The van der Waals surface area contributed by atoms with E-state index < -0.39 is 0 Å². The molecule has 1 aliphatic heterocycles. The molecule has 2 N–H and O–H groups in total. The quantitative estimate of drug-likeness (QED) is 0.849. The van der Waals surface area contributed by atoms with Gasteiger partial charge in [0.1, 0.15) is 0 Å². The second-order valence-electron chi connectivity index (χ2n) is 5.22. The largest absolute Gasteiger partial charge is 0.493 e. The number of rotatable bonds is 4. The van der Waals surface area contributed by atoms with E-state index in [2.05, 4.69) is 11.8 Å². The van der Waals surface area contributed by atoms with Crippen molar-refractivity contribution in [2.75, 3.05) is 26.5 Å². The number of ether oxygens (including phenoxy) is 2. The minimum atomic E-state index is 0.626. The van der Waals surface area contributed by atoms with Gasteiger partial charge in [-0.1, -0.05) is 6.42 Å². The average Bonchev–Trinajstić information content (AvgIpc) is 2.42. The van der Waals surface area contributed by atoms with Crippen LogP contribution in [-0.4, -0.2) is 31.7 Å². The minimum absolute atomic E-state index is 0.626. The fraction of sp³-hybridized carbons (Fsp3) is 0.600. The molecule has 2 rings (SSSR count). The Morgan fingerprint density at radius 2 is 1.89 bits per heavy atom. The second kappa shape index (κ2) is 6.15. The molecular formula is C15H24N2O2. The number of methoxy groups -OCH3 is 2. The number of piperidine rings is 1. The van der Waals surface area contributed by atoms with Crippen LogP contribution < -0.4 is 15.2 Å². The zero-order chi connectivity index (χ0) is 13.8. The van der Waals surface area contributed by atoms with E-state index in [1.165, 1.54) is 19.3 Å². The Hall–Kier alpha value is -1.42. The highest BCUT2D eigenvalue weighted by atomic mass is 16.5. The van der Waals surface area contributed by atoms with Crippen molar-refractivity contribution in [2.45, 2.75) is 38.8 Å². The number of hydrogen-bond donors (Lipinski definition) is 1. The van der Waals surface area contributed by atoms with Gasteiger partial charge in [0.2, 0.25) is 0 Å². The molecule has 106 valence electrons. The average molecular weight is 264 g/mol. The molecule has 1 atom stereocenters. The first-order valence-corrected chi connectivity index (χ1v) is 6.90. The predicted molar refractivity (Wildman–Crippen MR) is 77.7 cm³/mol. The number of likely N-dealkylation sites (tertiary alicyclic amines) is 1. The number of benzene rings is 1. The monoisotopic (exact) mass is 264 g/mol. The number of nitrogens with zero attached hydrogens (tertiary/aromatic N) is 1. The summed E-state index contributed by atoms with van der Waals surface area (Å²) in [5.74, 6) is 1.44. The molecule has 4 heteroatoms. The van der Waals surface area contributed by atoms with Crippen molar-refractivity contribution in [3.63, 3.8) is 0 Å². The zero-order valence-electron chi connectivity index (χ0n) is 12.1. The fourth-order valence-electron chi connectivity index (χ4n) is 2.69. The third kappa shape index (κ3) is 3.13. The van der Waals surface area contributed by atoms with Crippen molar-refractivity contribution in [3.05, 3.63) is 17.7 Å². The third-order valence-electron chi connectivity index (χ3n) is 3.96. The Bertz CT molecular complexity index is 434. The van der Waals surface area contributed by atoms with Crippen molar-refractivity contribution < 1.29 is 9.47 Å². The van der Waals surface area contributed by atoms with Gasteiger partial charge in [0, 0.05) is 24.3 Å². The van der Waals surface area contributed by atoms with E-state index in [-0.39, 0.29) is 0 Å².